The van der Waals surface area contributed by atoms with Crippen molar-refractivity contribution in [3.63, 3.8) is 0 Å². The fourth-order valence-corrected chi connectivity index (χ4v) is 1.84. The molecular formula is C12H15NO. The normalized spacial score (nSPS) is 12.3. The molecule has 0 saturated heterocycles. The van der Waals surface area contributed by atoms with E-state index in [-0.39, 0.29) is 0 Å². The van der Waals surface area contributed by atoms with Crippen LogP contribution >= 0.6 is 0 Å². The lowest BCUT2D eigenvalue weighted by Gasteiger charge is -2.18. The molecule has 0 atom stereocenters. The van der Waals surface area contributed by atoms with Crippen LogP contribution in [0, 0.1) is 0 Å². The highest BCUT2D eigenvalue weighted by molar-refractivity contribution is 5.84. The fourth-order valence-electron chi connectivity index (χ4n) is 1.84. The lowest BCUT2D eigenvalue weighted by atomic mass is 9.95. The maximum absolute atomic E-state index is 9.99. The van der Waals surface area contributed by atoms with Crippen LogP contribution in [0.3, 0.4) is 0 Å². The molecule has 2 aromatic rings. The molecule has 0 saturated carbocycles. The number of rotatable bonds is 1. The van der Waals surface area contributed by atoms with Crippen molar-refractivity contribution in [3.05, 3.63) is 36.0 Å². The molecule has 2 heteroatoms. The van der Waals surface area contributed by atoms with Gasteiger partial charge in [0.15, 0.2) is 0 Å². The van der Waals surface area contributed by atoms with Gasteiger partial charge in [-0.1, -0.05) is 12.1 Å². The van der Waals surface area contributed by atoms with Crippen LogP contribution in [0.4, 0.5) is 0 Å². The van der Waals surface area contributed by atoms with Crippen LogP contribution in [-0.4, -0.2) is 9.67 Å². The van der Waals surface area contributed by atoms with E-state index in [0.29, 0.717) is 0 Å². The highest BCUT2D eigenvalue weighted by Crippen LogP contribution is 2.28. The third kappa shape index (κ3) is 1.32. The zero-order valence-electron chi connectivity index (χ0n) is 8.78. The molecule has 1 aromatic heterocycles. The van der Waals surface area contributed by atoms with E-state index in [4.69, 9.17) is 0 Å². The Morgan fingerprint density at radius 2 is 1.93 bits per heavy atom. The molecule has 0 fully saturated rings. The molecule has 1 heterocycles. The second-order valence-electron chi connectivity index (χ2n) is 4.22. The van der Waals surface area contributed by atoms with Gasteiger partial charge in [0.25, 0.3) is 0 Å². The molecule has 0 spiro atoms. The van der Waals surface area contributed by atoms with Gasteiger partial charge in [-0.25, -0.2) is 0 Å². The van der Waals surface area contributed by atoms with E-state index in [1.54, 1.807) is 0 Å². The topological polar surface area (TPSA) is 25.2 Å². The second-order valence-corrected chi connectivity index (χ2v) is 4.22. The summed E-state index contributed by atoms with van der Waals surface area (Å²) in [6.45, 7) is 3.63. The largest absolute Gasteiger partial charge is 0.386 e. The minimum absolute atomic E-state index is 0.777. The summed E-state index contributed by atoms with van der Waals surface area (Å²) in [5.74, 6) is 0. The van der Waals surface area contributed by atoms with Crippen LogP contribution in [0.25, 0.3) is 10.9 Å². The summed E-state index contributed by atoms with van der Waals surface area (Å²) in [5.41, 5.74) is 1.36. The van der Waals surface area contributed by atoms with Crippen LogP contribution in [-0.2, 0) is 12.6 Å². The van der Waals surface area contributed by atoms with Gasteiger partial charge in [-0.3, -0.25) is 0 Å². The standard InChI is InChI=1S/C12H15NO/c1-12(2,14)10-5-4-6-11-9(10)7-8-13(11)3/h4-8,14H,1-3H3. The van der Waals surface area contributed by atoms with Crippen molar-refractivity contribution < 1.29 is 5.11 Å². The monoisotopic (exact) mass is 189 g/mol. The molecule has 0 aliphatic heterocycles. The smallest absolute Gasteiger partial charge is 0.0847 e. The summed E-state index contributed by atoms with van der Waals surface area (Å²) >= 11 is 0. The fraction of sp³-hybridized carbons (Fsp3) is 0.333. The Bertz CT molecular complexity index is 463. The van der Waals surface area contributed by atoms with Gasteiger partial charge in [0.1, 0.15) is 0 Å². The van der Waals surface area contributed by atoms with Crippen LogP contribution in [0.15, 0.2) is 30.5 Å². The predicted molar refractivity (Wildman–Crippen MR) is 58.2 cm³/mol. The number of fused-ring (bicyclic) bond motifs is 1. The Hall–Kier alpha value is -1.28. The minimum Gasteiger partial charge on any atom is -0.386 e. The van der Waals surface area contributed by atoms with Gasteiger partial charge < -0.3 is 9.67 Å². The van der Waals surface area contributed by atoms with E-state index < -0.39 is 5.60 Å². The Morgan fingerprint density at radius 3 is 2.57 bits per heavy atom. The summed E-state index contributed by atoms with van der Waals surface area (Å²) in [4.78, 5) is 0. The molecule has 0 aliphatic rings. The highest BCUT2D eigenvalue weighted by Gasteiger charge is 2.18. The molecule has 74 valence electrons. The number of aryl methyl sites for hydroxylation is 1. The number of aliphatic hydroxyl groups is 1. The zero-order valence-corrected chi connectivity index (χ0v) is 8.78. The summed E-state index contributed by atoms with van der Waals surface area (Å²) < 4.78 is 2.06. The predicted octanol–water partition coefficient (Wildman–Crippen LogP) is 2.41. The quantitative estimate of drug-likeness (QED) is 0.732. The number of hydrogen-bond donors (Lipinski definition) is 1. The zero-order chi connectivity index (χ0) is 10.3. The molecule has 1 aromatic carbocycles. The van der Waals surface area contributed by atoms with Gasteiger partial charge in [0.2, 0.25) is 0 Å². The number of nitrogens with zero attached hydrogens (tertiary/aromatic N) is 1. The van der Waals surface area contributed by atoms with E-state index in [1.165, 1.54) is 0 Å². The molecular weight excluding hydrogens is 174 g/mol. The third-order valence-corrected chi connectivity index (χ3v) is 2.59. The number of hydrogen-bond acceptors (Lipinski definition) is 1. The first-order valence-electron chi connectivity index (χ1n) is 4.77. The third-order valence-electron chi connectivity index (χ3n) is 2.59. The summed E-state index contributed by atoms with van der Waals surface area (Å²) in [6, 6.07) is 8.06. The minimum atomic E-state index is -0.777. The number of benzene rings is 1. The van der Waals surface area contributed by atoms with Crippen molar-refractivity contribution in [2.45, 2.75) is 19.4 Å². The molecule has 0 radical (unpaired) electrons. The Kier molecular flexibility index (Phi) is 1.89. The van der Waals surface area contributed by atoms with E-state index in [0.717, 1.165) is 16.5 Å². The Labute approximate surface area is 83.8 Å². The highest BCUT2D eigenvalue weighted by atomic mass is 16.3. The lowest BCUT2D eigenvalue weighted by molar-refractivity contribution is 0.0802. The second kappa shape index (κ2) is 2.85. The van der Waals surface area contributed by atoms with Crippen molar-refractivity contribution in [1.82, 2.24) is 4.57 Å². The van der Waals surface area contributed by atoms with E-state index >= 15 is 0 Å². The molecule has 0 unspecified atom stereocenters. The first-order valence-corrected chi connectivity index (χ1v) is 4.77. The van der Waals surface area contributed by atoms with Crippen molar-refractivity contribution in [2.75, 3.05) is 0 Å². The SMILES string of the molecule is Cn1ccc2c(C(C)(C)O)cccc21. The Balaban J connectivity index is 2.79. The average Bonchev–Trinajstić information content (AvgIpc) is 2.46. The van der Waals surface area contributed by atoms with Crippen LogP contribution < -0.4 is 0 Å². The average molecular weight is 189 g/mol. The van der Waals surface area contributed by atoms with Gasteiger partial charge in [0.05, 0.1) is 5.60 Å². The van der Waals surface area contributed by atoms with Gasteiger partial charge in [-0.15, -0.1) is 0 Å². The summed E-state index contributed by atoms with van der Waals surface area (Å²) in [5, 5.41) is 11.1. The molecule has 2 nitrogen and oxygen atoms in total. The van der Waals surface area contributed by atoms with Gasteiger partial charge in [0, 0.05) is 24.1 Å². The van der Waals surface area contributed by atoms with Crippen LogP contribution in [0.1, 0.15) is 19.4 Å². The molecule has 14 heavy (non-hydrogen) atoms. The molecule has 0 amide bonds. The van der Waals surface area contributed by atoms with Crippen LogP contribution in [0.2, 0.25) is 0 Å². The van der Waals surface area contributed by atoms with Crippen molar-refractivity contribution >= 4 is 10.9 Å². The van der Waals surface area contributed by atoms with Gasteiger partial charge in [-0.05, 0) is 31.5 Å². The van der Waals surface area contributed by atoms with Crippen molar-refractivity contribution in [1.29, 1.82) is 0 Å². The number of aromatic nitrogens is 1. The first-order chi connectivity index (χ1) is 6.50. The molecule has 0 aliphatic carbocycles. The van der Waals surface area contributed by atoms with E-state index in [2.05, 4.69) is 10.6 Å². The van der Waals surface area contributed by atoms with Crippen molar-refractivity contribution in [3.8, 4) is 0 Å². The maximum Gasteiger partial charge on any atom is 0.0847 e. The summed E-state index contributed by atoms with van der Waals surface area (Å²) in [6.07, 6.45) is 2.01. The summed E-state index contributed by atoms with van der Waals surface area (Å²) in [7, 11) is 2.01. The molecule has 2 rings (SSSR count). The van der Waals surface area contributed by atoms with Gasteiger partial charge >= 0.3 is 0 Å². The van der Waals surface area contributed by atoms with Gasteiger partial charge in [-0.2, -0.15) is 0 Å². The van der Waals surface area contributed by atoms with Crippen LogP contribution in [0.5, 0.6) is 0 Å². The molecule has 0 bridgehead atoms. The van der Waals surface area contributed by atoms with Crippen molar-refractivity contribution in [2.24, 2.45) is 7.05 Å². The van der Waals surface area contributed by atoms with E-state index in [1.807, 2.05) is 45.3 Å². The maximum atomic E-state index is 9.99. The Morgan fingerprint density at radius 1 is 1.21 bits per heavy atom. The lowest BCUT2D eigenvalue weighted by Crippen LogP contribution is -2.15. The first kappa shape index (κ1) is 9.28. The molecule has 1 N–H and O–H groups in total. The van der Waals surface area contributed by atoms with E-state index in [9.17, 15) is 5.11 Å².